The van der Waals surface area contributed by atoms with E-state index in [1.54, 1.807) is 0 Å². The van der Waals surface area contributed by atoms with E-state index in [1.165, 1.54) is 12.0 Å². The number of nitrogens with one attached hydrogen (secondary N) is 1. The van der Waals surface area contributed by atoms with Crippen molar-refractivity contribution in [3.8, 4) is 0 Å². The fourth-order valence-electron chi connectivity index (χ4n) is 4.00. The molecule has 5 heteroatoms. The van der Waals surface area contributed by atoms with E-state index in [9.17, 15) is 4.79 Å². The number of rotatable bonds is 6. The van der Waals surface area contributed by atoms with Crippen molar-refractivity contribution in [2.24, 2.45) is 5.92 Å². The van der Waals surface area contributed by atoms with Crippen molar-refractivity contribution in [2.45, 2.75) is 66.4 Å². The van der Waals surface area contributed by atoms with E-state index in [0.29, 0.717) is 5.92 Å². The van der Waals surface area contributed by atoms with Gasteiger partial charge in [-0.2, -0.15) is 0 Å². The molecule has 0 aromatic heterocycles. The molecule has 0 bridgehead atoms. The van der Waals surface area contributed by atoms with Gasteiger partial charge in [0.25, 0.3) is 0 Å². The van der Waals surface area contributed by atoms with Crippen LogP contribution in [0.2, 0.25) is 0 Å². The summed E-state index contributed by atoms with van der Waals surface area (Å²) in [4.78, 5) is 14.9. The minimum absolute atomic E-state index is 0. The third-order valence-electron chi connectivity index (χ3n) is 5.39. The predicted molar refractivity (Wildman–Crippen MR) is 112 cm³/mol. The Labute approximate surface area is 165 Å². The Hall–Kier alpha value is -1.26. The maximum absolute atomic E-state index is 12.5. The lowest BCUT2D eigenvalue weighted by Crippen LogP contribution is -2.39. The quantitative estimate of drug-likeness (QED) is 0.707. The highest BCUT2D eigenvalue weighted by atomic mass is 35.5. The number of hydrogen-bond acceptors (Lipinski definition) is 3. The highest BCUT2D eigenvalue weighted by molar-refractivity contribution is 5.87. The maximum Gasteiger partial charge on any atom is 0.411 e. The average Bonchev–Trinajstić information content (AvgIpc) is 2.57. The van der Waals surface area contributed by atoms with Gasteiger partial charge in [-0.15, -0.1) is 12.4 Å². The Balaban J connectivity index is 0.00000338. The maximum atomic E-state index is 12.5. The van der Waals surface area contributed by atoms with Crippen LogP contribution in [-0.4, -0.2) is 36.7 Å². The molecule has 1 aliphatic carbocycles. The van der Waals surface area contributed by atoms with Crippen LogP contribution in [0.5, 0.6) is 0 Å². The van der Waals surface area contributed by atoms with Gasteiger partial charge in [0.15, 0.2) is 0 Å². The molecule has 1 fully saturated rings. The summed E-state index contributed by atoms with van der Waals surface area (Å²) in [7, 11) is 0. The molecule has 1 saturated carbocycles. The predicted octanol–water partition coefficient (Wildman–Crippen LogP) is 5.48. The summed E-state index contributed by atoms with van der Waals surface area (Å²) in [5, 5.41) is 2.98. The second kappa shape index (κ2) is 10.8. The Kier molecular flexibility index (Phi) is 9.45. The number of anilines is 1. The van der Waals surface area contributed by atoms with Gasteiger partial charge in [0.2, 0.25) is 0 Å². The van der Waals surface area contributed by atoms with Crippen molar-refractivity contribution in [1.29, 1.82) is 0 Å². The van der Waals surface area contributed by atoms with Crippen LogP contribution in [-0.2, 0) is 4.74 Å². The van der Waals surface area contributed by atoms with E-state index < -0.39 is 0 Å². The first-order valence-electron chi connectivity index (χ1n) is 9.72. The third kappa shape index (κ3) is 6.17. The Morgan fingerprint density at radius 1 is 1.12 bits per heavy atom. The van der Waals surface area contributed by atoms with E-state index in [0.717, 1.165) is 55.7 Å². The topological polar surface area (TPSA) is 41.6 Å². The number of amides is 1. The Bertz CT molecular complexity index is 564. The molecule has 0 radical (unpaired) electrons. The summed E-state index contributed by atoms with van der Waals surface area (Å²) in [6.07, 6.45) is 4.23. The van der Waals surface area contributed by atoms with E-state index in [-0.39, 0.29) is 24.6 Å². The summed E-state index contributed by atoms with van der Waals surface area (Å²) < 4.78 is 5.86. The van der Waals surface area contributed by atoms with E-state index >= 15 is 0 Å². The molecule has 148 valence electrons. The first-order valence-corrected chi connectivity index (χ1v) is 9.72. The van der Waals surface area contributed by atoms with Gasteiger partial charge in [-0.05, 0) is 64.3 Å². The standard InChI is InChI=1S/C21H34N2O2.ClH/c1-6-23(7-2)14-18-10-8-9-11-19(18)25-21(24)22-20-16(4)12-15(3)13-17(20)5;/h12-13,18-19H,6-11,14H2,1-5H3,(H,22,24);1H/t18-,19+;/m0./s1. The van der Waals surface area contributed by atoms with Gasteiger partial charge in [0, 0.05) is 18.2 Å². The van der Waals surface area contributed by atoms with Crippen LogP contribution in [0.25, 0.3) is 0 Å². The van der Waals surface area contributed by atoms with Crippen LogP contribution in [0.3, 0.4) is 0 Å². The molecule has 1 aromatic carbocycles. The lowest BCUT2D eigenvalue weighted by atomic mass is 9.86. The highest BCUT2D eigenvalue weighted by Crippen LogP contribution is 2.29. The van der Waals surface area contributed by atoms with Gasteiger partial charge in [-0.1, -0.05) is 38.0 Å². The van der Waals surface area contributed by atoms with Gasteiger partial charge in [-0.3, -0.25) is 5.32 Å². The second-order valence-electron chi connectivity index (χ2n) is 7.37. The number of benzene rings is 1. The van der Waals surface area contributed by atoms with Gasteiger partial charge in [0.05, 0.1) is 0 Å². The fourth-order valence-corrected chi connectivity index (χ4v) is 4.00. The van der Waals surface area contributed by atoms with Crippen molar-refractivity contribution >= 4 is 24.2 Å². The number of ether oxygens (including phenoxy) is 1. The molecule has 0 aliphatic heterocycles. The first-order chi connectivity index (χ1) is 11.9. The van der Waals surface area contributed by atoms with Crippen LogP contribution >= 0.6 is 12.4 Å². The van der Waals surface area contributed by atoms with E-state index in [4.69, 9.17) is 4.74 Å². The molecule has 2 rings (SSSR count). The lowest BCUT2D eigenvalue weighted by molar-refractivity contribution is 0.0309. The molecule has 0 heterocycles. The summed E-state index contributed by atoms with van der Waals surface area (Å²) in [5.74, 6) is 0.444. The van der Waals surface area contributed by atoms with Crippen LogP contribution in [0.1, 0.15) is 56.2 Å². The normalized spacial score (nSPS) is 19.8. The molecule has 0 saturated heterocycles. The molecule has 4 nitrogen and oxygen atoms in total. The molecule has 1 aromatic rings. The largest absolute Gasteiger partial charge is 0.446 e. The molecule has 1 amide bonds. The van der Waals surface area contributed by atoms with Gasteiger partial charge in [-0.25, -0.2) is 4.79 Å². The molecule has 0 unspecified atom stereocenters. The number of hydrogen-bond donors (Lipinski definition) is 1. The number of carbonyl (C=O) groups is 1. The number of nitrogens with zero attached hydrogens (tertiary/aromatic N) is 1. The molecule has 0 spiro atoms. The van der Waals surface area contributed by atoms with E-state index in [2.05, 4.69) is 43.1 Å². The minimum atomic E-state index is -0.313. The first kappa shape index (κ1) is 22.8. The zero-order valence-corrected chi connectivity index (χ0v) is 17.7. The molecular formula is C21H35ClN2O2. The van der Waals surface area contributed by atoms with Crippen molar-refractivity contribution in [2.75, 3.05) is 25.0 Å². The Morgan fingerprint density at radius 3 is 2.27 bits per heavy atom. The van der Waals surface area contributed by atoms with Crippen molar-refractivity contribution in [1.82, 2.24) is 4.90 Å². The second-order valence-corrected chi connectivity index (χ2v) is 7.37. The van der Waals surface area contributed by atoms with E-state index in [1.807, 2.05) is 13.8 Å². The summed E-state index contributed by atoms with van der Waals surface area (Å²) in [6.45, 7) is 13.6. The number of aryl methyl sites for hydroxylation is 3. The summed E-state index contributed by atoms with van der Waals surface area (Å²) in [6, 6.07) is 4.18. The smallest absolute Gasteiger partial charge is 0.411 e. The summed E-state index contributed by atoms with van der Waals surface area (Å²) >= 11 is 0. The zero-order valence-electron chi connectivity index (χ0n) is 16.9. The molecule has 1 N–H and O–H groups in total. The van der Waals surface area contributed by atoms with Gasteiger partial charge >= 0.3 is 6.09 Å². The van der Waals surface area contributed by atoms with Crippen LogP contribution in [0.15, 0.2) is 12.1 Å². The SMILES string of the molecule is CCN(CC)C[C@@H]1CCCC[C@H]1OC(=O)Nc1c(C)cc(C)cc1C.Cl. The molecule has 26 heavy (non-hydrogen) atoms. The average molecular weight is 383 g/mol. The third-order valence-corrected chi connectivity index (χ3v) is 5.39. The number of carbonyl (C=O) groups excluding carboxylic acids is 1. The van der Waals surface area contributed by atoms with Crippen LogP contribution < -0.4 is 5.32 Å². The highest BCUT2D eigenvalue weighted by Gasteiger charge is 2.29. The van der Waals surface area contributed by atoms with Crippen molar-refractivity contribution in [3.05, 3.63) is 28.8 Å². The summed E-state index contributed by atoms with van der Waals surface area (Å²) in [5.41, 5.74) is 4.25. The minimum Gasteiger partial charge on any atom is -0.446 e. The molecular weight excluding hydrogens is 348 g/mol. The lowest BCUT2D eigenvalue weighted by Gasteiger charge is -2.34. The van der Waals surface area contributed by atoms with Crippen LogP contribution in [0, 0.1) is 26.7 Å². The number of halogens is 1. The van der Waals surface area contributed by atoms with Crippen LogP contribution in [0.4, 0.5) is 10.5 Å². The van der Waals surface area contributed by atoms with Gasteiger partial charge in [0.1, 0.15) is 6.10 Å². The Morgan fingerprint density at radius 2 is 1.69 bits per heavy atom. The monoisotopic (exact) mass is 382 g/mol. The molecule has 2 atom stereocenters. The fraction of sp³-hybridized carbons (Fsp3) is 0.667. The van der Waals surface area contributed by atoms with Crippen molar-refractivity contribution < 1.29 is 9.53 Å². The van der Waals surface area contributed by atoms with Crippen molar-refractivity contribution in [3.63, 3.8) is 0 Å². The molecule has 1 aliphatic rings. The van der Waals surface area contributed by atoms with Gasteiger partial charge < -0.3 is 9.64 Å². The zero-order chi connectivity index (χ0) is 18.4.